The number of halogens is 1. The molecule has 0 saturated carbocycles. The van der Waals surface area contributed by atoms with Gasteiger partial charge >= 0.3 is 6.09 Å². The third-order valence-corrected chi connectivity index (χ3v) is 4.86. The van der Waals surface area contributed by atoms with Crippen molar-refractivity contribution in [3.05, 3.63) is 76.9 Å². The molecule has 1 heterocycles. The second-order valence-corrected chi connectivity index (χ2v) is 7.21. The molecule has 0 bridgehead atoms. The summed E-state index contributed by atoms with van der Waals surface area (Å²) in [5.41, 5.74) is 11.1. The Morgan fingerprint density at radius 1 is 1.06 bits per heavy atom. The summed E-state index contributed by atoms with van der Waals surface area (Å²) >= 11 is 0. The van der Waals surface area contributed by atoms with Crippen molar-refractivity contribution in [2.45, 2.75) is 33.9 Å². The topological polar surface area (TPSA) is 99.8 Å². The van der Waals surface area contributed by atoms with Gasteiger partial charge in [0, 0.05) is 6.07 Å². The predicted molar refractivity (Wildman–Crippen MR) is 122 cm³/mol. The number of benzene rings is 2. The van der Waals surface area contributed by atoms with Gasteiger partial charge in [0.25, 0.3) is 0 Å². The van der Waals surface area contributed by atoms with E-state index in [9.17, 15) is 4.79 Å². The van der Waals surface area contributed by atoms with Gasteiger partial charge in [-0.05, 0) is 61.2 Å². The van der Waals surface area contributed by atoms with E-state index >= 15 is 0 Å². The first kappa shape index (κ1) is 24.8. The van der Waals surface area contributed by atoms with E-state index in [-0.39, 0.29) is 12.4 Å². The number of hydrogen-bond acceptors (Lipinski definition) is 5. The van der Waals surface area contributed by atoms with Crippen LogP contribution in [-0.4, -0.2) is 12.7 Å². The molecule has 0 radical (unpaired) electrons. The van der Waals surface area contributed by atoms with E-state index in [1.54, 1.807) is 13.0 Å². The first-order chi connectivity index (χ1) is 15.0. The number of nitrogens with two attached hydrogens (primary N) is 1. The smallest absolute Gasteiger partial charge is 0.411 e. The van der Waals surface area contributed by atoms with Crippen LogP contribution in [0.1, 0.15) is 29.2 Å². The highest BCUT2D eigenvalue weighted by atomic mass is 35.5. The van der Waals surface area contributed by atoms with Crippen LogP contribution in [0.4, 0.5) is 22.1 Å². The Morgan fingerprint density at radius 2 is 1.75 bits per heavy atom. The fourth-order valence-corrected chi connectivity index (χ4v) is 3.24. The van der Waals surface area contributed by atoms with Crippen molar-refractivity contribution in [3.63, 3.8) is 0 Å². The van der Waals surface area contributed by atoms with Crippen LogP contribution in [-0.2, 0) is 17.9 Å². The zero-order valence-electron chi connectivity index (χ0n) is 18.5. The molecule has 0 unspecified atom stereocenters. The van der Waals surface area contributed by atoms with E-state index < -0.39 is 6.09 Å². The molecule has 32 heavy (non-hydrogen) atoms. The molecule has 0 spiro atoms. The van der Waals surface area contributed by atoms with Crippen LogP contribution >= 0.6 is 0 Å². The largest absolute Gasteiger partial charge is 1.00 e. The summed E-state index contributed by atoms with van der Waals surface area (Å²) in [6, 6.07) is 17.8. The lowest BCUT2D eigenvalue weighted by Gasteiger charge is -2.14. The summed E-state index contributed by atoms with van der Waals surface area (Å²) in [5.74, 6) is 1.94. The quantitative estimate of drug-likeness (QED) is 0.476. The van der Waals surface area contributed by atoms with E-state index in [1.165, 1.54) is 5.56 Å². The van der Waals surface area contributed by atoms with Gasteiger partial charge < -0.3 is 32.9 Å². The fourth-order valence-electron chi connectivity index (χ4n) is 3.24. The Bertz CT molecular complexity index is 1020. The fraction of sp³-hybridized carbons (Fsp3) is 0.250. The van der Waals surface area contributed by atoms with Crippen LogP contribution in [0.2, 0.25) is 0 Å². The van der Waals surface area contributed by atoms with Crippen molar-refractivity contribution >= 4 is 23.4 Å². The van der Waals surface area contributed by atoms with Gasteiger partial charge in [0.05, 0.1) is 13.2 Å². The zero-order chi connectivity index (χ0) is 22.2. The molecule has 8 heteroatoms. The number of rotatable bonds is 8. The maximum absolute atomic E-state index is 11.6. The van der Waals surface area contributed by atoms with Gasteiger partial charge in [-0.2, -0.15) is 0 Å². The van der Waals surface area contributed by atoms with Crippen molar-refractivity contribution < 1.29 is 31.7 Å². The molecule has 170 valence electrons. The van der Waals surface area contributed by atoms with Crippen LogP contribution < -0.4 is 38.5 Å². The molecule has 3 aromatic rings. The number of nitrogens with one attached hydrogen (secondary N) is 3. The normalized spacial score (nSPS) is 10.1. The number of hydrogen-bond donors (Lipinski definition) is 3. The second kappa shape index (κ2) is 11.8. The zero-order valence-corrected chi connectivity index (χ0v) is 19.3. The first-order valence-corrected chi connectivity index (χ1v) is 10.2. The molecule has 0 saturated heterocycles. The maximum atomic E-state index is 11.6. The minimum absolute atomic E-state index is 0. The van der Waals surface area contributed by atoms with Gasteiger partial charge in [0.2, 0.25) is 11.6 Å². The minimum atomic E-state index is -0.538. The van der Waals surface area contributed by atoms with E-state index in [0.29, 0.717) is 31.3 Å². The lowest BCUT2D eigenvalue weighted by Crippen LogP contribution is -3.00. The number of pyridine rings is 1. The van der Waals surface area contributed by atoms with Crippen molar-refractivity contribution in [1.82, 2.24) is 0 Å². The van der Waals surface area contributed by atoms with Crippen LogP contribution in [0, 0.1) is 13.8 Å². The molecule has 7 nitrogen and oxygen atoms in total. The van der Waals surface area contributed by atoms with Crippen LogP contribution in [0.3, 0.4) is 0 Å². The average molecular weight is 457 g/mol. The highest BCUT2D eigenvalue weighted by Crippen LogP contribution is 2.24. The maximum Gasteiger partial charge on any atom is 0.411 e. The predicted octanol–water partition coefficient (Wildman–Crippen LogP) is 1.46. The molecular weight excluding hydrogens is 428 g/mol. The van der Waals surface area contributed by atoms with Gasteiger partial charge in [-0.15, -0.1) is 0 Å². The number of aromatic amines is 1. The number of carbonyl (C=O) groups excluding carboxylic acids is 1. The van der Waals surface area contributed by atoms with Gasteiger partial charge in [-0.1, -0.05) is 30.3 Å². The lowest BCUT2D eigenvalue weighted by atomic mass is 10.0. The number of amides is 1. The number of anilines is 3. The summed E-state index contributed by atoms with van der Waals surface area (Å²) in [6.07, 6.45) is -0.538. The molecule has 0 aliphatic heterocycles. The van der Waals surface area contributed by atoms with Crippen molar-refractivity contribution in [2.75, 3.05) is 23.0 Å². The van der Waals surface area contributed by atoms with E-state index in [1.807, 2.05) is 36.4 Å². The molecule has 1 aromatic heterocycles. The van der Waals surface area contributed by atoms with Crippen LogP contribution in [0.5, 0.6) is 5.75 Å². The third-order valence-electron chi connectivity index (χ3n) is 4.86. The standard InChI is InChI=1S/C24H28N4O3.ClH/c1-4-30-24(29)27-21-10-11-22(28-23(21)25)26-14-20-16(2)12-19(13-17(20)3)31-15-18-8-6-5-7-9-18;/h5-13H,4,14-15H2,1-3H3,(H,27,29)(H3,25,26,28);1H. The van der Waals surface area contributed by atoms with Gasteiger partial charge in [0.1, 0.15) is 18.0 Å². The first-order valence-electron chi connectivity index (χ1n) is 10.2. The molecule has 1 amide bonds. The van der Waals surface area contributed by atoms with E-state index in [2.05, 4.69) is 41.6 Å². The lowest BCUT2D eigenvalue weighted by molar-refractivity contribution is -0.342. The number of nitrogen functional groups attached to an aromatic ring is 1. The number of aryl methyl sites for hydroxylation is 2. The number of carbonyl (C=O) groups is 1. The Hall–Kier alpha value is -3.45. The number of ether oxygens (including phenoxy) is 2. The summed E-state index contributed by atoms with van der Waals surface area (Å²) < 4.78 is 10.8. The minimum Gasteiger partial charge on any atom is -1.00 e. The number of H-pyrrole nitrogens is 1. The van der Waals surface area contributed by atoms with Crippen LogP contribution in [0.25, 0.3) is 0 Å². The van der Waals surface area contributed by atoms with E-state index in [4.69, 9.17) is 15.2 Å². The van der Waals surface area contributed by atoms with Gasteiger partial charge in [-0.3, -0.25) is 5.32 Å². The van der Waals surface area contributed by atoms with Crippen molar-refractivity contribution in [1.29, 1.82) is 0 Å². The molecule has 2 aromatic carbocycles. The molecule has 0 aliphatic rings. The van der Waals surface area contributed by atoms with Gasteiger partial charge in [-0.25, -0.2) is 9.78 Å². The van der Waals surface area contributed by atoms with Crippen molar-refractivity contribution in [3.8, 4) is 5.75 Å². The summed E-state index contributed by atoms with van der Waals surface area (Å²) in [4.78, 5) is 14.6. The Labute approximate surface area is 194 Å². The SMILES string of the molecule is CCOC(=O)Nc1ccc(NCc2c(C)cc(OCc3ccccc3)cc2C)[nH+]c1N.[Cl-]. The molecule has 0 aliphatic carbocycles. The van der Waals surface area contributed by atoms with Gasteiger partial charge in [0.15, 0.2) is 0 Å². The molecule has 3 rings (SSSR count). The van der Waals surface area contributed by atoms with Crippen LogP contribution in [0.15, 0.2) is 54.6 Å². The Morgan fingerprint density at radius 3 is 2.38 bits per heavy atom. The number of aromatic nitrogens is 1. The summed E-state index contributed by atoms with van der Waals surface area (Å²) in [5, 5.41) is 5.95. The molecule has 0 atom stereocenters. The van der Waals surface area contributed by atoms with E-state index in [0.717, 1.165) is 28.3 Å². The Balaban J connectivity index is 0.00000363. The summed E-state index contributed by atoms with van der Waals surface area (Å²) in [6.45, 7) is 7.35. The molecule has 5 N–H and O–H groups in total. The molecule has 0 fully saturated rings. The highest BCUT2D eigenvalue weighted by Gasteiger charge is 2.12. The summed E-state index contributed by atoms with van der Waals surface area (Å²) in [7, 11) is 0. The highest BCUT2D eigenvalue weighted by molar-refractivity contribution is 5.87. The second-order valence-electron chi connectivity index (χ2n) is 7.21. The molecular formula is C24H29ClN4O3. The average Bonchev–Trinajstić information content (AvgIpc) is 2.74. The van der Waals surface area contributed by atoms with Crippen molar-refractivity contribution in [2.24, 2.45) is 0 Å². The monoisotopic (exact) mass is 456 g/mol. The third kappa shape index (κ3) is 6.78. The Kier molecular flexibility index (Phi) is 9.16.